The normalized spacial score (nSPS) is 14.4. The second-order valence-electron chi connectivity index (χ2n) is 6.20. The molecule has 7 heteroatoms. The molecule has 0 unspecified atom stereocenters. The third-order valence-electron chi connectivity index (χ3n) is 4.52. The van der Waals surface area contributed by atoms with Gasteiger partial charge in [-0.2, -0.15) is 5.10 Å². The van der Waals surface area contributed by atoms with E-state index < -0.39 is 5.97 Å². The number of carboxylic acids is 1. The van der Waals surface area contributed by atoms with E-state index in [2.05, 4.69) is 15.2 Å². The highest BCUT2D eigenvalue weighted by Gasteiger charge is 2.22. The molecule has 25 heavy (non-hydrogen) atoms. The van der Waals surface area contributed by atoms with Crippen LogP contribution in [0.25, 0.3) is 11.0 Å². The van der Waals surface area contributed by atoms with Crippen LogP contribution in [0.5, 0.6) is 5.75 Å². The Morgan fingerprint density at radius 2 is 2.16 bits per heavy atom. The number of aromatic carboxylic acids is 1. The summed E-state index contributed by atoms with van der Waals surface area (Å²) in [6.07, 6.45) is 6.93. The predicted molar refractivity (Wildman–Crippen MR) is 93.4 cm³/mol. The zero-order valence-corrected chi connectivity index (χ0v) is 14.1. The molecule has 1 saturated carbocycles. The van der Waals surface area contributed by atoms with Crippen molar-refractivity contribution in [1.82, 2.24) is 15.2 Å². The molecule has 0 atom stereocenters. The number of nitrogens with zero attached hydrogens (tertiary/aromatic N) is 2. The molecule has 3 aromatic rings. The average molecular weight is 358 g/mol. The molecule has 0 radical (unpaired) electrons. The van der Waals surface area contributed by atoms with E-state index in [-0.39, 0.29) is 11.7 Å². The molecule has 1 fully saturated rings. The number of hydrogen-bond donors (Lipinski definition) is 2. The quantitative estimate of drug-likeness (QED) is 0.724. The molecule has 4 rings (SSSR count). The Morgan fingerprint density at radius 3 is 2.88 bits per heavy atom. The SMILES string of the molecule is O=C(O)c1c(Cc2cc(Cl)ccc2OC2CCC2)cnc2[nH]ncc12. The topological polar surface area (TPSA) is 88.1 Å². The lowest BCUT2D eigenvalue weighted by molar-refractivity contribution is 0.0698. The Bertz CT molecular complexity index is 950. The number of H-pyrrole nitrogens is 1. The van der Waals surface area contributed by atoms with Gasteiger partial charge in [-0.15, -0.1) is 0 Å². The van der Waals surface area contributed by atoms with E-state index >= 15 is 0 Å². The van der Waals surface area contributed by atoms with Gasteiger partial charge >= 0.3 is 5.97 Å². The van der Waals surface area contributed by atoms with Gasteiger partial charge in [0.1, 0.15) is 5.75 Å². The number of aromatic nitrogens is 3. The number of benzene rings is 1. The highest BCUT2D eigenvalue weighted by molar-refractivity contribution is 6.30. The fourth-order valence-corrected chi connectivity index (χ4v) is 3.20. The van der Waals surface area contributed by atoms with E-state index in [0.29, 0.717) is 28.0 Å². The van der Waals surface area contributed by atoms with E-state index in [1.165, 1.54) is 12.6 Å². The molecule has 0 amide bonds. The molecular formula is C18H16ClN3O3. The van der Waals surface area contributed by atoms with Crippen LogP contribution < -0.4 is 4.74 Å². The minimum Gasteiger partial charge on any atom is -0.490 e. The van der Waals surface area contributed by atoms with Crippen LogP contribution in [0.3, 0.4) is 0 Å². The van der Waals surface area contributed by atoms with Gasteiger partial charge in [0.05, 0.1) is 23.3 Å². The van der Waals surface area contributed by atoms with Gasteiger partial charge in [-0.1, -0.05) is 11.6 Å². The first-order valence-electron chi connectivity index (χ1n) is 8.11. The number of ether oxygens (including phenoxy) is 1. The fraction of sp³-hybridized carbons (Fsp3) is 0.278. The molecule has 1 aromatic carbocycles. The third-order valence-corrected chi connectivity index (χ3v) is 4.76. The molecule has 1 aliphatic carbocycles. The highest BCUT2D eigenvalue weighted by atomic mass is 35.5. The monoisotopic (exact) mass is 357 g/mol. The number of nitrogens with one attached hydrogen (secondary N) is 1. The van der Waals surface area contributed by atoms with E-state index in [1.54, 1.807) is 12.3 Å². The molecule has 0 aliphatic heterocycles. The second-order valence-corrected chi connectivity index (χ2v) is 6.63. The molecule has 2 aromatic heterocycles. The predicted octanol–water partition coefficient (Wildman–Crippen LogP) is 3.83. The smallest absolute Gasteiger partial charge is 0.336 e. The Balaban J connectivity index is 1.74. The van der Waals surface area contributed by atoms with Crippen LogP contribution in [0.2, 0.25) is 5.02 Å². The van der Waals surface area contributed by atoms with E-state index in [4.69, 9.17) is 16.3 Å². The maximum Gasteiger partial charge on any atom is 0.336 e. The summed E-state index contributed by atoms with van der Waals surface area (Å²) in [5, 5.41) is 17.3. The lowest BCUT2D eigenvalue weighted by atomic mass is 9.95. The van der Waals surface area contributed by atoms with Crippen molar-refractivity contribution in [2.45, 2.75) is 31.8 Å². The van der Waals surface area contributed by atoms with Crippen molar-refractivity contribution in [3.8, 4) is 5.75 Å². The van der Waals surface area contributed by atoms with Crippen molar-refractivity contribution < 1.29 is 14.6 Å². The van der Waals surface area contributed by atoms with Crippen molar-refractivity contribution in [2.24, 2.45) is 0 Å². The molecule has 2 N–H and O–H groups in total. The molecule has 128 valence electrons. The molecule has 0 spiro atoms. The number of aromatic amines is 1. The zero-order valence-electron chi connectivity index (χ0n) is 13.3. The summed E-state index contributed by atoms with van der Waals surface area (Å²) in [7, 11) is 0. The largest absolute Gasteiger partial charge is 0.490 e. The van der Waals surface area contributed by atoms with Gasteiger partial charge in [-0.25, -0.2) is 9.78 Å². The van der Waals surface area contributed by atoms with E-state index in [9.17, 15) is 9.90 Å². The van der Waals surface area contributed by atoms with Gasteiger partial charge < -0.3 is 9.84 Å². The van der Waals surface area contributed by atoms with E-state index in [0.717, 1.165) is 24.2 Å². The van der Waals surface area contributed by atoms with Crippen LogP contribution >= 0.6 is 11.6 Å². The summed E-state index contributed by atoms with van der Waals surface area (Å²) < 4.78 is 6.04. The number of fused-ring (bicyclic) bond motifs is 1. The number of carbonyl (C=O) groups is 1. The van der Waals surface area contributed by atoms with Gasteiger partial charge in [0, 0.05) is 23.2 Å². The van der Waals surface area contributed by atoms with Crippen molar-refractivity contribution in [3.63, 3.8) is 0 Å². The lowest BCUT2D eigenvalue weighted by Crippen LogP contribution is -2.25. The maximum atomic E-state index is 11.8. The fourth-order valence-electron chi connectivity index (χ4n) is 3.00. The van der Waals surface area contributed by atoms with Crippen molar-refractivity contribution >= 4 is 28.6 Å². The van der Waals surface area contributed by atoms with Crippen LogP contribution in [-0.4, -0.2) is 32.4 Å². The molecule has 1 aliphatic rings. The first-order valence-corrected chi connectivity index (χ1v) is 8.49. The van der Waals surface area contributed by atoms with Crippen LogP contribution in [0.4, 0.5) is 0 Å². The Kier molecular flexibility index (Phi) is 4.05. The summed E-state index contributed by atoms with van der Waals surface area (Å²) >= 11 is 6.14. The van der Waals surface area contributed by atoms with Crippen LogP contribution in [0.15, 0.2) is 30.6 Å². The minimum atomic E-state index is -1.01. The summed E-state index contributed by atoms with van der Waals surface area (Å²) in [6, 6.07) is 5.45. The number of halogens is 1. The maximum absolute atomic E-state index is 11.8. The molecule has 0 saturated heterocycles. The molecule has 6 nitrogen and oxygen atoms in total. The number of rotatable bonds is 5. The Morgan fingerprint density at radius 1 is 1.32 bits per heavy atom. The number of carboxylic acid groups (broad SMARTS) is 1. The highest BCUT2D eigenvalue weighted by Crippen LogP contribution is 2.32. The summed E-state index contributed by atoms with van der Waals surface area (Å²) in [6.45, 7) is 0. The Hall–Kier alpha value is -2.60. The molecule has 0 bridgehead atoms. The van der Waals surface area contributed by atoms with Crippen LogP contribution in [0, 0.1) is 0 Å². The minimum absolute atomic E-state index is 0.202. The zero-order chi connectivity index (χ0) is 17.4. The lowest BCUT2D eigenvalue weighted by Gasteiger charge is -2.27. The molecular weight excluding hydrogens is 342 g/mol. The first kappa shape index (κ1) is 15.9. The number of hydrogen-bond acceptors (Lipinski definition) is 4. The van der Waals surface area contributed by atoms with Crippen LogP contribution in [-0.2, 0) is 6.42 Å². The standard InChI is InChI=1S/C18H16ClN3O3/c19-12-4-5-15(25-13-2-1-3-13)10(7-12)6-11-8-20-17-14(9-21-22-17)16(11)18(23)24/h4-5,7-9,13H,1-3,6H2,(H,23,24)(H,20,21,22). The van der Waals surface area contributed by atoms with Gasteiger partial charge in [0.15, 0.2) is 5.65 Å². The van der Waals surface area contributed by atoms with Gasteiger partial charge in [0.2, 0.25) is 0 Å². The Labute approximate surface area is 148 Å². The molecule has 2 heterocycles. The number of pyridine rings is 1. The second kappa shape index (κ2) is 6.37. The summed E-state index contributed by atoms with van der Waals surface area (Å²) in [5.41, 5.74) is 2.11. The van der Waals surface area contributed by atoms with Gasteiger partial charge in [0.25, 0.3) is 0 Å². The third kappa shape index (κ3) is 3.05. The van der Waals surface area contributed by atoms with Gasteiger partial charge in [-0.3, -0.25) is 5.10 Å². The average Bonchev–Trinajstić information content (AvgIpc) is 3.00. The van der Waals surface area contributed by atoms with Crippen LogP contribution in [0.1, 0.15) is 40.7 Å². The first-order chi connectivity index (χ1) is 12.1. The van der Waals surface area contributed by atoms with Crippen molar-refractivity contribution in [1.29, 1.82) is 0 Å². The van der Waals surface area contributed by atoms with Crippen molar-refractivity contribution in [3.05, 3.63) is 52.3 Å². The summed E-state index contributed by atoms with van der Waals surface area (Å²) in [5.74, 6) is -0.259. The van der Waals surface area contributed by atoms with E-state index in [1.807, 2.05) is 12.1 Å². The summed E-state index contributed by atoms with van der Waals surface area (Å²) in [4.78, 5) is 16.0. The van der Waals surface area contributed by atoms with Crippen molar-refractivity contribution in [2.75, 3.05) is 0 Å². The van der Waals surface area contributed by atoms with Gasteiger partial charge in [-0.05, 0) is 43.0 Å².